The molecule has 0 saturated heterocycles. The number of carbonyl (C=O) groups is 2. The second-order valence-electron chi connectivity index (χ2n) is 5.08. The Labute approximate surface area is 127 Å². The van der Waals surface area contributed by atoms with Crippen LogP contribution in [-0.2, 0) is 5.60 Å². The third-order valence-electron chi connectivity index (χ3n) is 3.22. The van der Waals surface area contributed by atoms with Crippen molar-refractivity contribution in [1.82, 2.24) is 5.32 Å². The molecule has 21 heavy (non-hydrogen) atoms. The first-order valence-corrected chi connectivity index (χ1v) is 7.44. The molecule has 0 bridgehead atoms. The molecule has 1 unspecified atom stereocenters. The number of amides is 1. The van der Waals surface area contributed by atoms with Crippen molar-refractivity contribution in [3.05, 3.63) is 57.8 Å². The van der Waals surface area contributed by atoms with Crippen LogP contribution in [0.2, 0.25) is 0 Å². The Morgan fingerprint density at radius 1 is 1.29 bits per heavy atom. The van der Waals surface area contributed by atoms with Crippen LogP contribution in [0.1, 0.15) is 39.4 Å². The van der Waals surface area contributed by atoms with Gasteiger partial charge in [-0.2, -0.15) is 0 Å². The highest BCUT2D eigenvalue weighted by molar-refractivity contribution is 7.12. The summed E-state index contributed by atoms with van der Waals surface area (Å²) < 4.78 is 0. The molecule has 0 saturated carbocycles. The van der Waals surface area contributed by atoms with E-state index in [1.54, 1.807) is 18.4 Å². The number of hydrogen-bond donors (Lipinski definition) is 2. The number of aliphatic hydroxyl groups is 1. The highest BCUT2D eigenvalue weighted by Crippen LogP contribution is 2.20. The average Bonchev–Trinajstić information content (AvgIpc) is 2.96. The van der Waals surface area contributed by atoms with Crippen molar-refractivity contribution in [3.63, 3.8) is 0 Å². The largest absolute Gasteiger partial charge is 0.384 e. The van der Waals surface area contributed by atoms with Crippen molar-refractivity contribution in [3.8, 4) is 0 Å². The van der Waals surface area contributed by atoms with Gasteiger partial charge in [-0.3, -0.25) is 9.59 Å². The minimum absolute atomic E-state index is 0.0680. The molecule has 0 radical (unpaired) electrons. The molecular weight excluding hydrogens is 286 g/mol. The first-order valence-electron chi connectivity index (χ1n) is 6.56. The molecule has 1 aromatic carbocycles. The fourth-order valence-corrected chi connectivity index (χ4v) is 2.74. The molecule has 2 rings (SSSR count). The summed E-state index contributed by atoms with van der Waals surface area (Å²) in [7, 11) is 0. The molecule has 1 heterocycles. The minimum atomic E-state index is -1.14. The van der Waals surface area contributed by atoms with Crippen molar-refractivity contribution < 1.29 is 14.7 Å². The maximum atomic E-state index is 12.0. The van der Waals surface area contributed by atoms with Crippen molar-refractivity contribution >= 4 is 23.0 Å². The van der Waals surface area contributed by atoms with E-state index in [4.69, 9.17) is 0 Å². The molecule has 5 heteroatoms. The number of ketones is 1. The summed E-state index contributed by atoms with van der Waals surface area (Å²) in [6, 6.07) is 10.7. The van der Waals surface area contributed by atoms with E-state index in [0.29, 0.717) is 10.4 Å². The molecule has 1 amide bonds. The van der Waals surface area contributed by atoms with Gasteiger partial charge < -0.3 is 10.4 Å². The minimum Gasteiger partial charge on any atom is -0.384 e. The van der Waals surface area contributed by atoms with Gasteiger partial charge in [0.2, 0.25) is 0 Å². The van der Waals surface area contributed by atoms with Gasteiger partial charge in [-0.05, 0) is 25.5 Å². The Bertz CT molecular complexity index is 647. The lowest BCUT2D eigenvalue weighted by Gasteiger charge is -2.24. The van der Waals surface area contributed by atoms with E-state index in [0.717, 1.165) is 5.56 Å². The number of rotatable bonds is 5. The van der Waals surface area contributed by atoms with Crippen molar-refractivity contribution in [1.29, 1.82) is 0 Å². The summed E-state index contributed by atoms with van der Waals surface area (Å²) >= 11 is 1.22. The standard InChI is InChI=1S/C16H17NO3S/c1-11(18)12-8-14(21-9-12)15(19)17-10-16(2,20)13-6-4-3-5-7-13/h3-9,20H,10H2,1-2H3,(H,17,19). The normalized spacial score (nSPS) is 13.5. The molecule has 0 aliphatic carbocycles. The van der Waals surface area contributed by atoms with Crippen molar-refractivity contribution in [2.75, 3.05) is 6.54 Å². The Morgan fingerprint density at radius 2 is 1.95 bits per heavy atom. The number of thiophene rings is 1. The summed E-state index contributed by atoms with van der Waals surface area (Å²) in [5, 5.41) is 14.8. The van der Waals surface area contributed by atoms with Gasteiger partial charge in [0.1, 0.15) is 5.60 Å². The molecule has 4 nitrogen and oxygen atoms in total. The van der Waals surface area contributed by atoms with E-state index >= 15 is 0 Å². The summed E-state index contributed by atoms with van der Waals surface area (Å²) in [6.45, 7) is 3.21. The number of hydrogen-bond acceptors (Lipinski definition) is 4. The predicted octanol–water partition coefficient (Wildman–Crippen LogP) is 2.59. The third kappa shape index (κ3) is 3.77. The van der Waals surface area contributed by atoms with Crippen LogP contribution in [-0.4, -0.2) is 23.3 Å². The number of Topliss-reactive ketones (excluding diaryl/α,β-unsaturated/α-hetero) is 1. The van der Waals surface area contributed by atoms with E-state index in [1.807, 2.05) is 30.3 Å². The van der Waals surface area contributed by atoms with Crippen LogP contribution in [0.25, 0.3) is 0 Å². The average molecular weight is 303 g/mol. The number of benzene rings is 1. The van der Waals surface area contributed by atoms with Gasteiger partial charge in [0.05, 0.1) is 11.4 Å². The van der Waals surface area contributed by atoms with Gasteiger partial charge in [-0.15, -0.1) is 11.3 Å². The van der Waals surface area contributed by atoms with E-state index in [1.165, 1.54) is 18.3 Å². The predicted molar refractivity (Wildman–Crippen MR) is 82.7 cm³/mol. The molecule has 0 aliphatic heterocycles. The molecule has 0 aliphatic rings. The zero-order valence-corrected chi connectivity index (χ0v) is 12.7. The van der Waals surface area contributed by atoms with Crippen LogP contribution in [0.5, 0.6) is 0 Å². The summed E-state index contributed by atoms with van der Waals surface area (Å²) in [5.74, 6) is -0.356. The second kappa shape index (κ2) is 6.20. The number of carbonyl (C=O) groups excluding carboxylic acids is 2. The Kier molecular flexibility index (Phi) is 4.55. The second-order valence-corrected chi connectivity index (χ2v) is 5.99. The maximum absolute atomic E-state index is 12.0. The van der Waals surface area contributed by atoms with E-state index in [-0.39, 0.29) is 18.2 Å². The molecule has 1 atom stereocenters. The zero-order chi connectivity index (χ0) is 15.5. The van der Waals surface area contributed by atoms with Gasteiger partial charge >= 0.3 is 0 Å². The molecule has 2 N–H and O–H groups in total. The quantitative estimate of drug-likeness (QED) is 0.834. The monoisotopic (exact) mass is 303 g/mol. The maximum Gasteiger partial charge on any atom is 0.261 e. The topological polar surface area (TPSA) is 66.4 Å². The number of nitrogens with one attached hydrogen (secondary N) is 1. The summed E-state index contributed by atoms with van der Waals surface area (Å²) in [6.07, 6.45) is 0. The molecule has 0 fully saturated rings. The zero-order valence-electron chi connectivity index (χ0n) is 11.9. The smallest absolute Gasteiger partial charge is 0.261 e. The van der Waals surface area contributed by atoms with E-state index in [9.17, 15) is 14.7 Å². The third-order valence-corrected chi connectivity index (χ3v) is 4.15. The van der Waals surface area contributed by atoms with Crippen LogP contribution < -0.4 is 5.32 Å². The fourth-order valence-electron chi connectivity index (χ4n) is 1.88. The van der Waals surface area contributed by atoms with Crippen LogP contribution in [0, 0.1) is 0 Å². The highest BCUT2D eigenvalue weighted by atomic mass is 32.1. The van der Waals surface area contributed by atoms with Gasteiger partial charge in [0, 0.05) is 10.9 Å². The molecule has 2 aromatic rings. The van der Waals surface area contributed by atoms with Crippen LogP contribution in [0.4, 0.5) is 0 Å². The van der Waals surface area contributed by atoms with Crippen LogP contribution >= 0.6 is 11.3 Å². The van der Waals surface area contributed by atoms with Gasteiger partial charge in [0.25, 0.3) is 5.91 Å². The van der Waals surface area contributed by atoms with Gasteiger partial charge in [-0.25, -0.2) is 0 Å². The summed E-state index contributed by atoms with van der Waals surface area (Å²) in [5.41, 5.74) is 0.123. The Hall–Kier alpha value is -1.98. The molecular formula is C16H17NO3S. The van der Waals surface area contributed by atoms with Gasteiger partial charge in [-0.1, -0.05) is 30.3 Å². The first-order chi connectivity index (χ1) is 9.90. The molecule has 1 aromatic heterocycles. The van der Waals surface area contributed by atoms with Crippen molar-refractivity contribution in [2.24, 2.45) is 0 Å². The van der Waals surface area contributed by atoms with Crippen LogP contribution in [0.3, 0.4) is 0 Å². The Balaban J connectivity index is 2.01. The fraction of sp³-hybridized carbons (Fsp3) is 0.250. The lowest BCUT2D eigenvalue weighted by atomic mass is 9.96. The molecule has 0 spiro atoms. The molecule has 110 valence electrons. The van der Waals surface area contributed by atoms with Gasteiger partial charge in [0.15, 0.2) is 5.78 Å². The highest BCUT2D eigenvalue weighted by Gasteiger charge is 2.24. The first kappa shape index (κ1) is 15.4. The lowest BCUT2D eigenvalue weighted by Crippen LogP contribution is -2.38. The Morgan fingerprint density at radius 3 is 2.52 bits per heavy atom. The van der Waals surface area contributed by atoms with E-state index < -0.39 is 5.60 Å². The van der Waals surface area contributed by atoms with Crippen LogP contribution in [0.15, 0.2) is 41.8 Å². The SMILES string of the molecule is CC(=O)c1csc(C(=O)NCC(C)(O)c2ccccc2)c1. The lowest BCUT2D eigenvalue weighted by molar-refractivity contribution is 0.0527. The summed E-state index contributed by atoms with van der Waals surface area (Å²) in [4.78, 5) is 23.7. The van der Waals surface area contributed by atoms with Crippen molar-refractivity contribution in [2.45, 2.75) is 19.4 Å². The van der Waals surface area contributed by atoms with E-state index in [2.05, 4.69) is 5.32 Å².